The quantitative estimate of drug-likeness (QED) is 0.407. The monoisotopic (exact) mass is 363 g/mol. The summed E-state index contributed by atoms with van der Waals surface area (Å²) in [6, 6.07) is 10.6. The third-order valence-electron chi connectivity index (χ3n) is 2.52. The van der Waals surface area contributed by atoms with Crippen LogP contribution < -0.4 is 0 Å². The van der Waals surface area contributed by atoms with Crippen LogP contribution >= 0.6 is 22.6 Å². The second-order valence-corrected chi connectivity index (χ2v) is 7.68. The minimum atomic E-state index is -0.728. The van der Waals surface area contributed by atoms with E-state index in [0.717, 1.165) is 17.7 Å². The first-order valence-electron chi connectivity index (χ1n) is 6.09. The smallest absolute Gasteiger partial charge is 0.214 e. The Morgan fingerprint density at radius 2 is 1.71 bits per heavy atom. The van der Waals surface area contributed by atoms with Gasteiger partial charge in [-0.1, -0.05) is 26.0 Å². The molecule has 2 nitrogen and oxygen atoms in total. The summed E-state index contributed by atoms with van der Waals surface area (Å²) in [6.45, 7) is 7.07. The van der Waals surface area contributed by atoms with E-state index in [0.29, 0.717) is 6.61 Å². The van der Waals surface area contributed by atoms with Gasteiger partial charge in [-0.3, -0.25) is 0 Å². The molecule has 0 aromatic heterocycles. The molecule has 1 radical (unpaired) electrons. The highest BCUT2D eigenvalue weighted by atomic mass is 127. The number of rotatable bonds is 7. The Bertz CT molecular complexity index is 312. The van der Waals surface area contributed by atoms with E-state index in [-0.39, 0.29) is 6.29 Å². The zero-order valence-electron chi connectivity index (χ0n) is 10.7. The number of hydrogen-bond donors (Lipinski definition) is 0. The molecular formula is C13H20IO2Si. The summed E-state index contributed by atoms with van der Waals surface area (Å²) in [6.07, 6.45) is -0.189. The molecule has 0 N–H and O–H groups in total. The van der Waals surface area contributed by atoms with Crippen molar-refractivity contribution >= 4 is 31.6 Å². The Hall–Kier alpha value is 0.0869. The van der Waals surface area contributed by atoms with Crippen molar-refractivity contribution in [2.45, 2.75) is 39.1 Å². The molecular weight excluding hydrogens is 343 g/mol. The van der Waals surface area contributed by atoms with Crippen molar-refractivity contribution in [3.8, 4) is 0 Å². The molecule has 1 aromatic rings. The fourth-order valence-electron chi connectivity index (χ4n) is 1.54. The van der Waals surface area contributed by atoms with Crippen LogP contribution in [0.3, 0.4) is 0 Å². The van der Waals surface area contributed by atoms with E-state index in [2.05, 4.69) is 60.7 Å². The Labute approximate surface area is 120 Å². The van der Waals surface area contributed by atoms with Crippen LogP contribution in [0.25, 0.3) is 0 Å². The number of hydrogen-bond acceptors (Lipinski definition) is 2. The van der Waals surface area contributed by atoms with Gasteiger partial charge in [-0.2, -0.15) is 0 Å². The molecule has 0 saturated heterocycles. The first-order valence-corrected chi connectivity index (χ1v) is 8.99. The highest BCUT2D eigenvalue weighted by molar-refractivity contribution is 14.1. The van der Waals surface area contributed by atoms with Gasteiger partial charge in [0.2, 0.25) is 9.04 Å². The fourth-order valence-corrected chi connectivity index (χ4v) is 3.24. The predicted molar refractivity (Wildman–Crippen MR) is 81.3 cm³/mol. The second-order valence-electron chi connectivity index (χ2n) is 3.70. The summed E-state index contributed by atoms with van der Waals surface area (Å²) in [5, 5.41) is 0. The number of halogens is 1. The molecule has 0 aliphatic rings. The lowest BCUT2D eigenvalue weighted by atomic mass is 10.2. The van der Waals surface area contributed by atoms with E-state index < -0.39 is 9.04 Å². The van der Waals surface area contributed by atoms with E-state index >= 15 is 0 Å². The maximum Gasteiger partial charge on any atom is 0.214 e. The van der Waals surface area contributed by atoms with Crippen LogP contribution in [0.5, 0.6) is 0 Å². The summed E-state index contributed by atoms with van der Waals surface area (Å²) in [5.74, 6) is 0. The van der Waals surface area contributed by atoms with Crippen LogP contribution in [0.1, 0.15) is 32.6 Å². The van der Waals surface area contributed by atoms with Crippen molar-refractivity contribution in [2.24, 2.45) is 0 Å². The average Bonchev–Trinajstić information content (AvgIpc) is 2.35. The number of benzene rings is 1. The number of ether oxygens (including phenoxy) is 1. The minimum absolute atomic E-state index is 0.189. The molecule has 0 aliphatic heterocycles. The van der Waals surface area contributed by atoms with Gasteiger partial charge in [0.25, 0.3) is 0 Å². The first-order chi connectivity index (χ1) is 8.21. The largest absolute Gasteiger partial charge is 0.389 e. The molecule has 17 heavy (non-hydrogen) atoms. The molecule has 0 bridgehead atoms. The van der Waals surface area contributed by atoms with Gasteiger partial charge in [0.15, 0.2) is 6.29 Å². The topological polar surface area (TPSA) is 18.5 Å². The van der Waals surface area contributed by atoms with Crippen molar-refractivity contribution in [3.05, 3.63) is 33.4 Å². The lowest BCUT2D eigenvalue weighted by Crippen LogP contribution is -2.21. The fraction of sp³-hybridized carbons (Fsp3) is 0.538. The van der Waals surface area contributed by atoms with E-state index in [4.69, 9.17) is 9.16 Å². The van der Waals surface area contributed by atoms with Crippen LogP contribution in [-0.4, -0.2) is 15.6 Å². The molecule has 0 amide bonds. The normalized spacial score (nSPS) is 13.0. The van der Waals surface area contributed by atoms with Crippen molar-refractivity contribution in [3.63, 3.8) is 0 Å². The lowest BCUT2D eigenvalue weighted by molar-refractivity contribution is -0.0817. The molecule has 0 saturated carbocycles. The third kappa shape index (κ3) is 5.07. The van der Waals surface area contributed by atoms with E-state index in [9.17, 15) is 0 Å². The maximum absolute atomic E-state index is 6.09. The summed E-state index contributed by atoms with van der Waals surface area (Å²) in [7, 11) is -0.728. The Kier molecular flexibility index (Phi) is 7.34. The molecule has 0 spiro atoms. The zero-order chi connectivity index (χ0) is 12.7. The van der Waals surface area contributed by atoms with Gasteiger partial charge in [-0.15, -0.1) is 0 Å². The summed E-state index contributed by atoms with van der Waals surface area (Å²) >= 11 is 2.31. The zero-order valence-corrected chi connectivity index (χ0v) is 13.9. The Morgan fingerprint density at radius 3 is 2.18 bits per heavy atom. The molecule has 1 unspecified atom stereocenters. The summed E-state index contributed by atoms with van der Waals surface area (Å²) < 4.78 is 13.0. The van der Waals surface area contributed by atoms with E-state index in [1.807, 2.05) is 6.92 Å². The molecule has 95 valence electrons. The summed E-state index contributed by atoms with van der Waals surface area (Å²) in [4.78, 5) is 0. The highest BCUT2D eigenvalue weighted by Crippen LogP contribution is 2.22. The molecule has 1 aromatic carbocycles. The van der Waals surface area contributed by atoms with Gasteiger partial charge >= 0.3 is 0 Å². The maximum atomic E-state index is 6.09. The second kappa shape index (κ2) is 8.23. The van der Waals surface area contributed by atoms with Gasteiger partial charge in [0.05, 0.1) is 0 Å². The lowest BCUT2D eigenvalue weighted by Gasteiger charge is -2.22. The standard InChI is InChI=1S/C13H20IO2Si/c1-4-15-13(16-17(5-2)6-3)11-7-9-12(14)10-8-11/h7-10,13H,4-6H2,1-3H3. The van der Waals surface area contributed by atoms with Crippen LogP contribution in [0.4, 0.5) is 0 Å². The molecule has 4 heteroatoms. The predicted octanol–water partition coefficient (Wildman–Crippen LogP) is 4.37. The van der Waals surface area contributed by atoms with Crippen LogP contribution in [0.2, 0.25) is 12.1 Å². The van der Waals surface area contributed by atoms with Crippen molar-refractivity contribution in [1.82, 2.24) is 0 Å². The summed E-state index contributed by atoms with van der Waals surface area (Å²) in [5.41, 5.74) is 1.12. The van der Waals surface area contributed by atoms with Crippen molar-refractivity contribution in [2.75, 3.05) is 6.61 Å². The molecule has 0 aliphatic carbocycles. The van der Waals surface area contributed by atoms with Crippen LogP contribution in [-0.2, 0) is 9.16 Å². The van der Waals surface area contributed by atoms with Gasteiger partial charge in [0.1, 0.15) is 0 Å². The minimum Gasteiger partial charge on any atom is -0.389 e. The molecule has 1 atom stereocenters. The van der Waals surface area contributed by atoms with Gasteiger partial charge < -0.3 is 9.16 Å². The van der Waals surface area contributed by atoms with Gasteiger partial charge in [-0.05, 0) is 53.7 Å². The van der Waals surface area contributed by atoms with E-state index in [1.165, 1.54) is 3.57 Å². The first kappa shape index (κ1) is 15.1. The molecule has 0 heterocycles. The Morgan fingerprint density at radius 1 is 1.12 bits per heavy atom. The average molecular weight is 363 g/mol. The van der Waals surface area contributed by atoms with Gasteiger partial charge in [-0.25, -0.2) is 0 Å². The van der Waals surface area contributed by atoms with Gasteiger partial charge in [0, 0.05) is 15.7 Å². The van der Waals surface area contributed by atoms with Crippen LogP contribution in [0, 0.1) is 3.57 Å². The SMILES string of the molecule is CCOC(O[Si](CC)CC)c1ccc(I)cc1. The molecule has 0 fully saturated rings. The third-order valence-corrected chi connectivity index (χ3v) is 5.37. The highest BCUT2D eigenvalue weighted by Gasteiger charge is 2.18. The van der Waals surface area contributed by atoms with Crippen molar-refractivity contribution in [1.29, 1.82) is 0 Å². The molecule has 1 rings (SSSR count). The van der Waals surface area contributed by atoms with Crippen LogP contribution in [0.15, 0.2) is 24.3 Å². The Balaban J connectivity index is 2.73. The van der Waals surface area contributed by atoms with E-state index in [1.54, 1.807) is 0 Å². The van der Waals surface area contributed by atoms with Crippen molar-refractivity contribution < 1.29 is 9.16 Å².